The van der Waals surface area contributed by atoms with Crippen molar-refractivity contribution in [2.24, 2.45) is 5.41 Å². The molecule has 2 amide bonds. The van der Waals surface area contributed by atoms with Crippen molar-refractivity contribution in [1.29, 1.82) is 0 Å². The van der Waals surface area contributed by atoms with Gasteiger partial charge < -0.3 is 15.3 Å². The van der Waals surface area contributed by atoms with Crippen LogP contribution in [-0.2, 0) is 4.79 Å². The van der Waals surface area contributed by atoms with Crippen LogP contribution >= 0.6 is 0 Å². The first-order valence-corrected chi connectivity index (χ1v) is 7.11. The van der Waals surface area contributed by atoms with Crippen LogP contribution in [0.1, 0.15) is 46.0 Å². The number of aliphatic carboxylic acids is 1. The van der Waals surface area contributed by atoms with Crippen LogP contribution in [0.2, 0.25) is 0 Å². The van der Waals surface area contributed by atoms with Crippen molar-refractivity contribution in [3.63, 3.8) is 0 Å². The minimum atomic E-state index is -0.933. The van der Waals surface area contributed by atoms with Gasteiger partial charge >= 0.3 is 12.0 Å². The highest BCUT2D eigenvalue weighted by Gasteiger charge is 2.44. The lowest BCUT2D eigenvalue weighted by molar-refractivity contribution is -0.148. The van der Waals surface area contributed by atoms with Crippen molar-refractivity contribution in [1.82, 2.24) is 10.2 Å². The van der Waals surface area contributed by atoms with Crippen LogP contribution in [0, 0.1) is 17.8 Å². The molecule has 0 aromatic heterocycles. The van der Waals surface area contributed by atoms with E-state index < -0.39 is 17.4 Å². The van der Waals surface area contributed by atoms with E-state index >= 15 is 0 Å². The molecule has 1 atom stereocenters. The van der Waals surface area contributed by atoms with Gasteiger partial charge in [-0.2, -0.15) is 0 Å². The Bertz CT molecular complexity index is 398. The number of carbonyl (C=O) groups excluding carboxylic acids is 1. The first kappa shape index (κ1) is 16.4. The summed E-state index contributed by atoms with van der Waals surface area (Å²) in [7, 11) is 0. The Labute approximate surface area is 120 Å². The van der Waals surface area contributed by atoms with E-state index in [2.05, 4.69) is 11.2 Å². The number of hydrogen-bond acceptors (Lipinski definition) is 2. The van der Waals surface area contributed by atoms with Crippen LogP contribution in [0.3, 0.4) is 0 Å². The summed E-state index contributed by atoms with van der Waals surface area (Å²) in [6.45, 7) is 4.83. The van der Waals surface area contributed by atoms with Gasteiger partial charge in [0.15, 0.2) is 0 Å². The number of amides is 2. The lowest BCUT2D eigenvalue weighted by Crippen LogP contribution is -2.58. The highest BCUT2D eigenvalue weighted by molar-refractivity contribution is 5.83. The van der Waals surface area contributed by atoms with E-state index in [1.54, 1.807) is 0 Å². The van der Waals surface area contributed by atoms with Crippen molar-refractivity contribution in [2.75, 3.05) is 13.1 Å². The predicted octanol–water partition coefficient (Wildman–Crippen LogP) is 2.07. The molecule has 1 heterocycles. The summed E-state index contributed by atoms with van der Waals surface area (Å²) in [5, 5.41) is 12.2. The molecule has 5 nitrogen and oxygen atoms in total. The number of hydrogen-bond donors (Lipinski definition) is 2. The number of nitrogens with one attached hydrogen (secondary N) is 1. The Morgan fingerprint density at radius 3 is 2.75 bits per heavy atom. The van der Waals surface area contributed by atoms with Gasteiger partial charge in [0.2, 0.25) is 0 Å². The van der Waals surface area contributed by atoms with E-state index in [0.717, 1.165) is 25.7 Å². The Morgan fingerprint density at radius 2 is 2.15 bits per heavy atom. The van der Waals surface area contributed by atoms with E-state index in [9.17, 15) is 14.7 Å². The van der Waals surface area contributed by atoms with Gasteiger partial charge in [-0.3, -0.25) is 0 Å². The van der Waals surface area contributed by atoms with Gasteiger partial charge in [-0.25, -0.2) is 9.59 Å². The molecular formula is C15H24N2O3. The molecule has 0 radical (unpaired) electrons. The summed E-state index contributed by atoms with van der Waals surface area (Å²) < 4.78 is 0. The lowest BCUT2D eigenvalue weighted by Gasteiger charge is -2.43. The van der Waals surface area contributed by atoms with Crippen molar-refractivity contribution < 1.29 is 14.7 Å². The zero-order valence-electron chi connectivity index (χ0n) is 12.3. The topological polar surface area (TPSA) is 69.6 Å². The number of carboxylic acids is 1. The molecule has 2 N–H and O–H groups in total. The fraction of sp³-hybridized carbons (Fsp3) is 0.733. The Balaban J connectivity index is 2.56. The number of piperidine rings is 1. The molecule has 0 aromatic rings. The Kier molecular flexibility index (Phi) is 5.87. The molecule has 0 spiro atoms. The average molecular weight is 280 g/mol. The van der Waals surface area contributed by atoms with Gasteiger partial charge in [0.25, 0.3) is 0 Å². The highest BCUT2D eigenvalue weighted by atomic mass is 16.4. The molecular weight excluding hydrogens is 256 g/mol. The molecule has 1 saturated heterocycles. The third-order valence-electron chi connectivity index (χ3n) is 3.79. The van der Waals surface area contributed by atoms with Gasteiger partial charge in [0.05, 0.1) is 0 Å². The summed E-state index contributed by atoms with van der Waals surface area (Å²) in [5.41, 5.74) is -0.398. The normalized spacial score (nSPS) is 21.1. The van der Waals surface area contributed by atoms with E-state index in [0.29, 0.717) is 19.5 Å². The minimum Gasteiger partial charge on any atom is -0.480 e. The first-order chi connectivity index (χ1) is 9.40. The lowest BCUT2D eigenvalue weighted by atomic mass is 9.76. The van der Waals surface area contributed by atoms with Gasteiger partial charge in [-0.15, -0.1) is 12.3 Å². The molecule has 0 saturated carbocycles. The number of carboxylic acid groups (broad SMARTS) is 1. The number of unbranched alkanes of at least 4 members (excludes halogenated alkanes) is 2. The van der Waals surface area contributed by atoms with Gasteiger partial charge in [-0.05, 0) is 31.1 Å². The molecule has 1 fully saturated rings. The van der Waals surface area contributed by atoms with E-state index in [1.807, 2.05) is 13.8 Å². The summed E-state index contributed by atoms with van der Waals surface area (Å²) >= 11 is 0. The first-order valence-electron chi connectivity index (χ1n) is 7.11. The maximum atomic E-state index is 12.1. The monoisotopic (exact) mass is 280 g/mol. The van der Waals surface area contributed by atoms with E-state index in [4.69, 9.17) is 6.42 Å². The fourth-order valence-corrected chi connectivity index (χ4v) is 2.73. The largest absolute Gasteiger partial charge is 0.480 e. The summed E-state index contributed by atoms with van der Waals surface area (Å²) in [6.07, 6.45) is 9.18. The standard InChI is InChI=1S/C15H24N2O3/c1-4-5-6-7-10-16-14(20)17-11-8-9-15(2,3)12(17)13(18)19/h1,12H,5-11H2,2-3H3,(H,16,20)(H,18,19). The smallest absolute Gasteiger partial charge is 0.327 e. The maximum absolute atomic E-state index is 12.1. The summed E-state index contributed by atoms with van der Waals surface area (Å²) in [5.74, 6) is 1.62. The second-order valence-electron chi connectivity index (χ2n) is 5.92. The van der Waals surface area contributed by atoms with E-state index in [1.165, 1.54) is 4.90 Å². The van der Waals surface area contributed by atoms with Gasteiger partial charge in [0, 0.05) is 19.5 Å². The molecule has 1 aliphatic rings. The SMILES string of the molecule is C#CCCCCNC(=O)N1CCCC(C)(C)C1C(=O)O. The van der Waals surface area contributed by atoms with Crippen molar-refractivity contribution in [3.8, 4) is 12.3 Å². The molecule has 1 rings (SSSR count). The predicted molar refractivity (Wildman–Crippen MR) is 77.2 cm³/mol. The molecule has 0 aliphatic carbocycles. The summed E-state index contributed by atoms with van der Waals surface area (Å²) in [6, 6.07) is -1.05. The number of likely N-dealkylation sites (tertiary alicyclic amines) is 1. The highest BCUT2D eigenvalue weighted by Crippen LogP contribution is 2.35. The average Bonchev–Trinajstić information content (AvgIpc) is 2.36. The van der Waals surface area contributed by atoms with Crippen LogP contribution in [-0.4, -0.2) is 41.1 Å². The molecule has 112 valence electrons. The molecule has 5 heteroatoms. The fourth-order valence-electron chi connectivity index (χ4n) is 2.73. The molecule has 20 heavy (non-hydrogen) atoms. The van der Waals surface area contributed by atoms with Crippen LogP contribution in [0.15, 0.2) is 0 Å². The zero-order chi connectivity index (χ0) is 15.2. The third kappa shape index (κ3) is 4.16. The van der Waals surface area contributed by atoms with Crippen LogP contribution < -0.4 is 5.32 Å². The van der Waals surface area contributed by atoms with Crippen molar-refractivity contribution >= 4 is 12.0 Å². The zero-order valence-corrected chi connectivity index (χ0v) is 12.3. The number of terminal acetylenes is 1. The molecule has 0 aromatic carbocycles. The second-order valence-corrected chi connectivity index (χ2v) is 5.92. The molecule has 1 aliphatic heterocycles. The Morgan fingerprint density at radius 1 is 1.45 bits per heavy atom. The number of nitrogens with zero attached hydrogens (tertiary/aromatic N) is 1. The van der Waals surface area contributed by atoms with Crippen molar-refractivity contribution in [2.45, 2.75) is 52.0 Å². The van der Waals surface area contributed by atoms with Gasteiger partial charge in [-0.1, -0.05) is 13.8 Å². The van der Waals surface area contributed by atoms with Gasteiger partial charge in [0.1, 0.15) is 6.04 Å². The van der Waals surface area contributed by atoms with Crippen LogP contribution in [0.4, 0.5) is 4.79 Å². The molecule has 0 bridgehead atoms. The third-order valence-corrected chi connectivity index (χ3v) is 3.79. The quantitative estimate of drug-likeness (QED) is 0.598. The number of carbonyl (C=O) groups is 2. The minimum absolute atomic E-state index is 0.286. The maximum Gasteiger partial charge on any atom is 0.327 e. The summed E-state index contributed by atoms with van der Waals surface area (Å²) in [4.78, 5) is 25.1. The van der Waals surface area contributed by atoms with Crippen molar-refractivity contribution in [3.05, 3.63) is 0 Å². The van der Waals surface area contributed by atoms with Crippen LogP contribution in [0.5, 0.6) is 0 Å². The number of urea groups is 1. The van der Waals surface area contributed by atoms with E-state index in [-0.39, 0.29) is 6.03 Å². The Hall–Kier alpha value is -1.70. The molecule has 1 unspecified atom stereocenters. The van der Waals surface area contributed by atoms with Crippen LogP contribution in [0.25, 0.3) is 0 Å². The second kappa shape index (κ2) is 7.18. The number of rotatable bonds is 5.